The van der Waals surface area contributed by atoms with Crippen molar-refractivity contribution in [2.24, 2.45) is 4.99 Å². The van der Waals surface area contributed by atoms with Gasteiger partial charge in [-0.1, -0.05) is 17.7 Å². The zero-order chi connectivity index (χ0) is 15.5. The lowest BCUT2D eigenvalue weighted by Gasteiger charge is -2.19. The van der Waals surface area contributed by atoms with Crippen LogP contribution in [0.3, 0.4) is 0 Å². The number of aliphatic imine (C=N–C) groups is 1. The Morgan fingerprint density at radius 2 is 2.23 bits per heavy atom. The lowest BCUT2D eigenvalue weighted by molar-refractivity contribution is 0.0857. The average Bonchev–Trinajstić information content (AvgIpc) is 2.98. The number of amides is 1. The van der Waals surface area contributed by atoms with Crippen molar-refractivity contribution >= 4 is 29.2 Å². The van der Waals surface area contributed by atoms with Gasteiger partial charge in [0.2, 0.25) is 5.96 Å². The van der Waals surface area contributed by atoms with Crippen molar-refractivity contribution in [3.05, 3.63) is 58.9 Å². The number of rotatable bonds is 2. The summed E-state index contributed by atoms with van der Waals surface area (Å²) in [6.07, 6.45) is 3.19. The number of benzene rings is 1. The molecule has 6 heteroatoms. The minimum Gasteiger partial charge on any atom is -0.324 e. The van der Waals surface area contributed by atoms with E-state index in [1.165, 1.54) is 0 Å². The van der Waals surface area contributed by atoms with E-state index in [9.17, 15) is 4.79 Å². The second kappa shape index (κ2) is 6.15. The highest BCUT2D eigenvalue weighted by molar-refractivity contribution is 6.34. The summed E-state index contributed by atoms with van der Waals surface area (Å²) < 4.78 is 0. The van der Waals surface area contributed by atoms with Crippen molar-refractivity contribution < 1.29 is 4.79 Å². The lowest BCUT2D eigenvalue weighted by atomic mass is 10.2. The zero-order valence-corrected chi connectivity index (χ0v) is 12.8. The van der Waals surface area contributed by atoms with E-state index in [0.29, 0.717) is 29.6 Å². The van der Waals surface area contributed by atoms with E-state index in [1.54, 1.807) is 29.4 Å². The van der Waals surface area contributed by atoms with Crippen LogP contribution in [0.4, 0.5) is 5.69 Å². The highest BCUT2D eigenvalue weighted by Crippen LogP contribution is 2.23. The summed E-state index contributed by atoms with van der Waals surface area (Å²) in [5.74, 6) is 0.389. The third-order valence-electron chi connectivity index (χ3n) is 3.37. The van der Waals surface area contributed by atoms with Gasteiger partial charge < -0.3 is 5.32 Å². The number of carbonyl (C=O) groups excluding carboxylic acids is 1. The van der Waals surface area contributed by atoms with Crippen LogP contribution in [0.15, 0.2) is 47.7 Å². The van der Waals surface area contributed by atoms with Crippen LogP contribution < -0.4 is 5.32 Å². The molecule has 1 N–H and O–H groups in total. The van der Waals surface area contributed by atoms with Gasteiger partial charge in [-0.2, -0.15) is 0 Å². The van der Waals surface area contributed by atoms with Gasteiger partial charge >= 0.3 is 0 Å². The van der Waals surface area contributed by atoms with Crippen LogP contribution in [-0.4, -0.2) is 34.8 Å². The smallest absolute Gasteiger partial charge is 0.262 e. The molecular weight excluding hydrogens is 300 g/mol. The van der Waals surface area contributed by atoms with Crippen molar-refractivity contribution in [3.63, 3.8) is 0 Å². The number of carbonyl (C=O) groups is 1. The normalized spacial score (nSPS) is 13.9. The van der Waals surface area contributed by atoms with Gasteiger partial charge in [0.05, 0.1) is 22.8 Å². The molecule has 1 aromatic carbocycles. The number of pyridine rings is 1. The van der Waals surface area contributed by atoms with Crippen molar-refractivity contribution in [2.75, 3.05) is 18.4 Å². The van der Waals surface area contributed by atoms with Gasteiger partial charge in [-0.25, -0.2) is 0 Å². The van der Waals surface area contributed by atoms with Crippen LogP contribution in [0, 0.1) is 6.92 Å². The highest BCUT2D eigenvalue weighted by Gasteiger charge is 2.25. The minimum absolute atomic E-state index is 0.125. The number of anilines is 1. The Morgan fingerprint density at radius 1 is 1.36 bits per heavy atom. The summed E-state index contributed by atoms with van der Waals surface area (Å²) in [4.78, 5) is 22.5. The third-order valence-corrected chi connectivity index (χ3v) is 3.68. The predicted molar refractivity (Wildman–Crippen MR) is 87.4 cm³/mol. The van der Waals surface area contributed by atoms with Crippen LogP contribution >= 0.6 is 11.6 Å². The lowest BCUT2D eigenvalue weighted by Crippen LogP contribution is -2.38. The van der Waals surface area contributed by atoms with Crippen LogP contribution in [-0.2, 0) is 0 Å². The molecule has 22 heavy (non-hydrogen) atoms. The minimum atomic E-state index is -0.125. The third kappa shape index (κ3) is 2.94. The predicted octanol–water partition coefficient (Wildman–Crippen LogP) is 2.97. The van der Waals surface area contributed by atoms with Crippen molar-refractivity contribution in [1.29, 1.82) is 0 Å². The molecule has 112 valence electrons. The average molecular weight is 315 g/mol. The fourth-order valence-corrected chi connectivity index (χ4v) is 2.52. The molecule has 1 aliphatic rings. The number of nitrogens with one attached hydrogen (secondary N) is 1. The molecule has 3 rings (SSSR count). The molecule has 0 saturated heterocycles. The van der Waals surface area contributed by atoms with Gasteiger partial charge in [-0.3, -0.25) is 19.7 Å². The maximum Gasteiger partial charge on any atom is 0.262 e. The molecule has 1 aromatic heterocycles. The molecule has 0 spiro atoms. The topological polar surface area (TPSA) is 57.6 Å². The molecule has 0 aliphatic carbocycles. The molecule has 0 bridgehead atoms. The number of aryl methyl sites for hydroxylation is 1. The molecule has 0 saturated carbocycles. The monoisotopic (exact) mass is 314 g/mol. The Kier molecular flexibility index (Phi) is 4.06. The molecule has 1 aliphatic heterocycles. The van der Waals surface area contributed by atoms with Crippen LogP contribution in [0.2, 0.25) is 5.02 Å². The second-order valence-corrected chi connectivity index (χ2v) is 5.42. The Balaban J connectivity index is 1.80. The zero-order valence-electron chi connectivity index (χ0n) is 12.1. The number of aromatic nitrogens is 1. The van der Waals surface area contributed by atoms with Crippen LogP contribution in [0.25, 0.3) is 0 Å². The summed E-state index contributed by atoms with van der Waals surface area (Å²) in [7, 11) is 0. The Bertz CT molecular complexity index is 730. The van der Waals surface area contributed by atoms with Gasteiger partial charge in [-0.15, -0.1) is 0 Å². The number of nitrogens with zero attached hydrogens (tertiary/aromatic N) is 3. The van der Waals surface area contributed by atoms with E-state index < -0.39 is 0 Å². The number of hydrogen-bond acceptors (Lipinski definition) is 4. The van der Waals surface area contributed by atoms with Gasteiger partial charge in [0, 0.05) is 18.9 Å². The summed E-state index contributed by atoms with van der Waals surface area (Å²) >= 11 is 6.22. The molecule has 0 radical (unpaired) electrons. The Morgan fingerprint density at radius 3 is 2.95 bits per heavy atom. The fourth-order valence-electron chi connectivity index (χ4n) is 2.24. The largest absolute Gasteiger partial charge is 0.324 e. The highest BCUT2D eigenvalue weighted by atomic mass is 35.5. The summed E-state index contributed by atoms with van der Waals surface area (Å²) in [6, 6.07) is 9.18. The van der Waals surface area contributed by atoms with E-state index >= 15 is 0 Å². The quantitative estimate of drug-likeness (QED) is 0.927. The fraction of sp³-hybridized carbons (Fsp3) is 0.188. The summed E-state index contributed by atoms with van der Waals surface area (Å²) in [5, 5.41) is 3.74. The van der Waals surface area contributed by atoms with Crippen molar-refractivity contribution in [3.8, 4) is 0 Å². The van der Waals surface area contributed by atoms with E-state index in [2.05, 4.69) is 15.3 Å². The first-order valence-corrected chi connectivity index (χ1v) is 7.32. The molecule has 2 aromatic rings. The maximum atomic E-state index is 12.5. The van der Waals surface area contributed by atoms with Crippen LogP contribution in [0.5, 0.6) is 0 Å². The summed E-state index contributed by atoms with van der Waals surface area (Å²) in [5.41, 5.74) is 2.35. The molecule has 0 fully saturated rings. The number of halogens is 1. The van der Waals surface area contributed by atoms with Gasteiger partial charge in [0.1, 0.15) is 0 Å². The first-order chi connectivity index (χ1) is 10.6. The molecule has 5 nitrogen and oxygen atoms in total. The van der Waals surface area contributed by atoms with E-state index in [0.717, 1.165) is 11.3 Å². The Hall–Kier alpha value is -2.40. The molecule has 0 unspecified atom stereocenters. The first kappa shape index (κ1) is 14.5. The van der Waals surface area contributed by atoms with Gasteiger partial charge in [-0.05, 0) is 36.8 Å². The molecule has 0 atom stereocenters. The summed E-state index contributed by atoms with van der Waals surface area (Å²) in [6.45, 7) is 3.08. The number of hydrogen-bond donors (Lipinski definition) is 1. The molecule has 1 amide bonds. The van der Waals surface area contributed by atoms with Crippen LogP contribution in [0.1, 0.15) is 15.9 Å². The van der Waals surface area contributed by atoms with Crippen molar-refractivity contribution in [1.82, 2.24) is 9.88 Å². The Labute approximate surface area is 133 Å². The standard InChI is InChI=1S/C16H15ClN4O/c1-11-4-5-14(13(17)9-11)20-16-19-7-8-21(16)15(22)12-3-2-6-18-10-12/h2-6,9-10H,7-8H2,1H3,(H,19,20). The number of guanidine groups is 1. The SMILES string of the molecule is Cc1ccc(NC2=NCCN2C(=O)c2cccnc2)c(Cl)c1. The van der Waals surface area contributed by atoms with Gasteiger partial charge in [0.15, 0.2) is 0 Å². The molecular formula is C16H15ClN4O. The van der Waals surface area contributed by atoms with E-state index in [1.807, 2.05) is 25.1 Å². The molecule has 2 heterocycles. The van der Waals surface area contributed by atoms with Crippen molar-refractivity contribution in [2.45, 2.75) is 6.92 Å². The van der Waals surface area contributed by atoms with E-state index in [4.69, 9.17) is 11.6 Å². The van der Waals surface area contributed by atoms with E-state index in [-0.39, 0.29) is 5.91 Å². The maximum absolute atomic E-state index is 12.5. The second-order valence-electron chi connectivity index (χ2n) is 5.01. The first-order valence-electron chi connectivity index (χ1n) is 6.94. The van der Waals surface area contributed by atoms with Gasteiger partial charge in [0.25, 0.3) is 5.91 Å².